The first kappa shape index (κ1) is 8.52. The minimum Gasteiger partial charge on any atom is -0.390 e. The van der Waals surface area contributed by atoms with Crippen LogP contribution in [0.25, 0.3) is 0 Å². The predicted molar refractivity (Wildman–Crippen MR) is 46.6 cm³/mol. The minimum absolute atomic E-state index is 0.363. The monoisotopic (exact) mass is 170 g/mol. The highest BCUT2D eigenvalue weighted by molar-refractivity contribution is 5.12. The maximum Gasteiger partial charge on any atom is 0.0880 e. The summed E-state index contributed by atoms with van der Waals surface area (Å²) in [6, 6.07) is 0. The molecule has 0 bridgehead atoms. The largest absolute Gasteiger partial charge is 0.390 e. The van der Waals surface area contributed by atoms with Crippen LogP contribution in [0.15, 0.2) is 0 Å². The fraction of sp³-hybridized carbons (Fsp3) is 1.00. The van der Waals surface area contributed by atoms with Gasteiger partial charge in [-0.05, 0) is 37.0 Å². The quantitative estimate of drug-likeness (QED) is 0.573. The van der Waals surface area contributed by atoms with E-state index in [2.05, 4.69) is 13.8 Å². The van der Waals surface area contributed by atoms with E-state index in [-0.39, 0.29) is 0 Å². The third-order valence-electron chi connectivity index (χ3n) is 4.12. The number of fused-ring (bicyclic) bond motifs is 1. The third-order valence-corrected chi connectivity index (χ3v) is 4.12. The second-order valence-electron chi connectivity index (χ2n) is 5.35. The molecular weight excluding hydrogens is 152 g/mol. The van der Waals surface area contributed by atoms with Crippen LogP contribution in [-0.4, -0.2) is 21.9 Å². The lowest BCUT2D eigenvalue weighted by Gasteiger charge is -2.32. The molecule has 2 nitrogen and oxygen atoms in total. The summed E-state index contributed by atoms with van der Waals surface area (Å²) in [5.74, 6) is 1.28. The van der Waals surface area contributed by atoms with Crippen LogP contribution >= 0.6 is 0 Å². The maximum atomic E-state index is 9.82. The molecule has 0 aromatic heterocycles. The molecule has 1 unspecified atom stereocenters. The van der Waals surface area contributed by atoms with Crippen molar-refractivity contribution in [2.45, 2.75) is 45.3 Å². The third kappa shape index (κ3) is 0.944. The molecule has 0 saturated heterocycles. The highest BCUT2D eigenvalue weighted by atomic mass is 16.3. The average Bonchev–Trinajstić information content (AvgIpc) is 2.37. The zero-order valence-corrected chi connectivity index (χ0v) is 8.04. The van der Waals surface area contributed by atoms with Crippen molar-refractivity contribution in [3.8, 4) is 0 Å². The predicted octanol–water partition coefficient (Wildman–Crippen LogP) is 1.16. The van der Waals surface area contributed by atoms with E-state index in [0.717, 1.165) is 12.8 Å². The normalized spacial score (nSPS) is 56.2. The second-order valence-corrected chi connectivity index (χ2v) is 5.35. The van der Waals surface area contributed by atoms with Crippen LogP contribution in [0.4, 0.5) is 0 Å². The summed E-state index contributed by atoms with van der Waals surface area (Å²) in [4.78, 5) is 0. The van der Waals surface area contributed by atoms with Crippen LogP contribution in [0.2, 0.25) is 0 Å². The summed E-state index contributed by atoms with van der Waals surface area (Å²) in [7, 11) is 0. The van der Waals surface area contributed by atoms with Crippen molar-refractivity contribution >= 4 is 0 Å². The zero-order chi connectivity index (χ0) is 9.15. The molecule has 0 amide bonds. The van der Waals surface area contributed by atoms with Gasteiger partial charge in [-0.15, -0.1) is 0 Å². The van der Waals surface area contributed by atoms with E-state index in [1.54, 1.807) is 6.92 Å². The SMILES string of the molecule is CC1(C)C2C[C@](C)(O)[C@H](O)C[C@H]21. The molecule has 2 saturated carbocycles. The van der Waals surface area contributed by atoms with Gasteiger partial charge >= 0.3 is 0 Å². The molecule has 0 heterocycles. The molecule has 2 N–H and O–H groups in total. The molecule has 12 heavy (non-hydrogen) atoms. The Hall–Kier alpha value is -0.0800. The molecule has 0 radical (unpaired) electrons. The Balaban J connectivity index is 2.14. The zero-order valence-electron chi connectivity index (χ0n) is 8.04. The van der Waals surface area contributed by atoms with Crippen molar-refractivity contribution in [3.63, 3.8) is 0 Å². The van der Waals surface area contributed by atoms with Gasteiger partial charge < -0.3 is 10.2 Å². The van der Waals surface area contributed by atoms with Gasteiger partial charge in [0.25, 0.3) is 0 Å². The Kier molecular flexibility index (Phi) is 1.45. The molecular formula is C10H18O2. The lowest BCUT2D eigenvalue weighted by molar-refractivity contribution is -0.0892. The Morgan fingerprint density at radius 3 is 2.25 bits per heavy atom. The standard InChI is InChI=1S/C10H18O2/c1-9(2)6-4-8(11)10(3,12)5-7(6)9/h6-8,11-12H,4-5H2,1-3H3/t6-,7?,8-,10+/m1/s1. The summed E-state index contributed by atoms with van der Waals surface area (Å²) in [5.41, 5.74) is -0.476. The molecule has 0 aromatic rings. The van der Waals surface area contributed by atoms with Crippen LogP contribution in [0, 0.1) is 17.3 Å². The molecule has 0 spiro atoms. The van der Waals surface area contributed by atoms with Crippen molar-refractivity contribution in [1.29, 1.82) is 0 Å². The van der Waals surface area contributed by atoms with E-state index in [1.807, 2.05) is 0 Å². The molecule has 2 aliphatic rings. The Morgan fingerprint density at radius 2 is 1.75 bits per heavy atom. The van der Waals surface area contributed by atoms with Crippen molar-refractivity contribution in [1.82, 2.24) is 0 Å². The van der Waals surface area contributed by atoms with E-state index >= 15 is 0 Å². The van der Waals surface area contributed by atoms with Gasteiger partial charge in [0.2, 0.25) is 0 Å². The van der Waals surface area contributed by atoms with Gasteiger partial charge in [0.1, 0.15) is 0 Å². The summed E-state index contributed by atoms with van der Waals surface area (Å²) in [6.45, 7) is 6.22. The average molecular weight is 170 g/mol. The van der Waals surface area contributed by atoms with E-state index in [4.69, 9.17) is 0 Å². The molecule has 2 rings (SSSR count). The number of rotatable bonds is 0. The van der Waals surface area contributed by atoms with E-state index in [0.29, 0.717) is 17.3 Å². The molecule has 0 aromatic carbocycles. The van der Waals surface area contributed by atoms with Gasteiger partial charge in [0.15, 0.2) is 0 Å². The van der Waals surface area contributed by atoms with Gasteiger partial charge in [-0.1, -0.05) is 13.8 Å². The molecule has 2 aliphatic carbocycles. The number of hydrogen-bond acceptors (Lipinski definition) is 2. The Bertz CT molecular complexity index is 208. The smallest absolute Gasteiger partial charge is 0.0880 e. The van der Waals surface area contributed by atoms with Crippen LogP contribution in [-0.2, 0) is 0 Å². The number of aliphatic hydroxyl groups is 2. The molecule has 0 aliphatic heterocycles. The van der Waals surface area contributed by atoms with Gasteiger partial charge in [0, 0.05) is 0 Å². The minimum atomic E-state index is -0.838. The van der Waals surface area contributed by atoms with Crippen LogP contribution in [0.5, 0.6) is 0 Å². The van der Waals surface area contributed by atoms with Crippen LogP contribution in [0.1, 0.15) is 33.6 Å². The second kappa shape index (κ2) is 2.05. The van der Waals surface area contributed by atoms with Gasteiger partial charge in [-0.3, -0.25) is 0 Å². The first-order valence-electron chi connectivity index (χ1n) is 4.76. The van der Waals surface area contributed by atoms with Gasteiger partial charge in [0.05, 0.1) is 11.7 Å². The van der Waals surface area contributed by atoms with Crippen molar-refractivity contribution in [2.24, 2.45) is 17.3 Å². The van der Waals surface area contributed by atoms with E-state index in [9.17, 15) is 10.2 Å². The highest BCUT2D eigenvalue weighted by Crippen LogP contribution is 2.66. The summed E-state index contributed by atoms with van der Waals surface area (Å²) < 4.78 is 0. The van der Waals surface area contributed by atoms with Crippen LogP contribution in [0.3, 0.4) is 0 Å². The van der Waals surface area contributed by atoms with Crippen molar-refractivity contribution in [2.75, 3.05) is 0 Å². The molecule has 2 heteroatoms. The van der Waals surface area contributed by atoms with E-state index < -0.39 is 11.7 Å². The summed E-state index contributed by atoms with van der Waals surface area (Å²) in [6.07, 6.45) is 1.04. The van der Waals surface area contributed by atoms with Gasteiger partial charge in [-0.2, -0.15) is 0 Å². The summed E-state index contributed by atoms with van der Waals surface area (Å²) >= 11 is 0. The lowest BCUT2D eigenvalue weighted by Crippen LogP contribution is -2.42. The molecule has 70 valence electrons. The number of hydrogen-bond donors (Lipinski definition) is 2. The lowest BCUT2D eigenvalue weighted by atomic mass is 9.84. The molecule has 4 atom stereocenters. The summed E-state index contributed by atoms with van der Waals surface area (Å²) in [5, 5.41) is 19.4. The maximum absolute atomic E-state index is 9.82. The first-order valence-corrected chi connectivity index (χ1v) is 4.76. The fourth-order valence-electron chi connectivity index (χ4n) is 2.81. The van der Waals surface area contributed by atoms with Crippen LogP contribution < -0.4 is 0 Å². The Morgan fingerprint density at radius 1 is 1.17 bits per heavy atom. The highest BCUT2D eigenvalue weighted by Gasteiger charge is 2.63. The van der Waals surface area contributed by atoms with Gasteiger partial charge in [-0.25, -0.2) is 0 Å². The van der Waals surface area contributed by atoms with Crippen molar-refractivity contribution < 1.29 is 10.2 Å². The first-order chi connectivity index (χ1) is 5.36. The van der Waals surface area contributed by atoms with Crippen molar-refractivity contribution in [3.05, 3.63) is 0 Å². The topological polar surface area (TPSA) is 40.5 Å². The Labute approximate surface area is 73.6 Å². The van der Waals surface area contributed by atoms with E-state index in [1.165, 1.54) is 0 Å². The fourth-order valence-corrected chi connectivity index (χ4v) is 2.81. The molecule has 2 fully saturated rings. The number of aliphatic hydroxyl groups excluding tert-OH is 1.